The van der Waals surface area contributed by atoms with Crippen LogP contribution in [0, 0.1) is 0 Å². The van der Waals surface area contributed by atoms with Crippen LogP contribution in [0.25, 0.3) is 0 Å². The van der Waals surface area contributed by atoms with Crippen LogP contribution in [-0.2, 0) is 19.9 Å². The van der Waals surface area contributed by atoms with Crippen molar-refractivity contribution in [1.82, 2.24) is 9.55 Å². The summed E-state index contributed by atoms with van der Waals surface area (Å²) in [7, 11) is 2.01. The summed E-state index contributed by atoms with van der Waals surface area (Å²) in [5.74, 6) is 1.07. The van der Waals surface area contributed by atoms with E-state index in [1.165, 1.54) is 5.56 Å². The zero-order valence-corrected chi connectivity index (χ0v) is 10.9. The van der Waals surface area contributed by atoms with Crippen LogP contribution in [0.15, 0.2) is 42.7 Å². The topological polar surface area (TPSA) is 43.8 Å². The zero-order chi connectivity index (χ0) is 12.8. The predicted molar refractivity (Wildman–Crippen MR) is 74.3 cm³/mol. The van der Waals surface area contributed by atoms with Crippen molar-refractivity contribution in [3.05, 3.63) is 54.1 Å². The summed E-state index contributed by atoms with van der Waals surface area (Å²) in [6.45, 7) is 0. The first kappa shape index (κ1) is 12.8. The van der Waals surface area contributed by atoms with E-state index >= 15 is 0 Å². The second-order valence-corrected chi connectivity index (χ2v) is 4.80. The van der Waals surface area contributed by atoms with Crippen LogP contribution < -0.4 is 5.73 Å². The van der Waals surface area contributed by atoms with Crippen molar-refractivity contribution in [3.63, 3.8) is 0 Å². The highest BCUT2D eigenvalue weighted by Crippen LogP contribution is 2.08. The summed E-state index contributed by atoms with van der Waals surface area (Å²) in [5, 5.41) is 0. The number of nitrogens with two attached hydrogens (primary N) is 1. The number of benzene rings is 1. The molecule has 0 radical (unpaired) electrons. The number of aryl methyl sites for hydroxylation is 2. The Bertz CT molecular complexity index is 462. The fourth-order valence-electron chi connectivity index (χ4n) is 2.14. The highest BCUT2D eigenvalue weighted by Gasteiger charge is 2.07. The predicted octanol–water partition coefficient (Wildman–Crippen LogP) is 2.31. The lowest BCUT2D eigenvalue weighted by Crippen LogP contribution is -2.24. The number of aromatic nitrogens is 2. The fourth-order valence-corrected chi connectivity index (χ4v) is 2.14. The van der Waals surface area contributed by atoms with E-state index in [1.54, 1.807) is 0 Å². The van der Waals surface area contributed by atoms with Gasteiger partial charge >= 0.3 is 0 Å². The summed E-state index contributed by atoms with van der Waals surface area (Å²) in [5.41, 5.74) is 7.54. The van der Waals surface area contributed by atoms with Gasteiger partial charge in [-0.3, -0.25) is 0 Å². The van der Waals surface area contributed by atoms with Gasteiger partial charge < -0.3 is 10.3 Å². The molecule has 0 amide bonds. The quantitative estimate of drug-likeness (QED) is 0.846. The molecule has 0 saturated carbocycles. The van der Waals surface area contributed by atoms with Crippen LogP contribution in [0.1, 0.15) is 24.2 Å². The normalized spacial score (nSPS) is 12.6. The molecule has 1 aromatic heterocycles. The highest BCUT2D eigenvalue weighted by atomic mass is 15.0. The average Bonchev–Trinajstić information content (AvgIpc) is 2.76. The van der Waals surface area contributed by atoms with Crippen molar-refractivity contribution in [2.75, 3.05) is 0 Å². The summed E-state index contributed by atoms with van der Waals surface area (Å²) in [6, 6.07) is 10.8. The number of rotatable bonds is 6. The maximum absolute atomic E-state index is 6.14. The molecule has 0 bridgehead atoms. The molecule has 1 aromatic carbocycles. The molecule has 2 N–H and O–H groups in total. The molecule has 1 atom stereocenters. The Morgan fingerprint density at radius 3 is 2.72 bits per heavy atom. The molecule has 3 heteroatoms. The van der Waals surface area contributed by atoms with Crippen molar-refractivity contribution in [2.45, 2.75) is 31.7 Å². The van der Waals surface area contributed by atoms with Gasteiger partial charge in [0.1, 0.15) is 5.82 Å². The lowest BCUT2D eigenvalue weighted by molar-refractivity contribution is 0.558. The van der Waals surface area contributed by atoms with E-state index in [0.29, 0.717) is 0 Å². The Morgan fingerprint density at radius 2 is 2.06 bits per heavy atom. The standard InChI is InChI=1S/C15H21N3/c1-18-11-10-17-15(18)12-14(16)9-5-8-13-6-3-2-4-7-13/h2-4,6-7,10-11,14H,5,8-9,12,16H2,1H3. The lowest BCUT2D eigenvalue weighted by Gasteiger charge is -2.11. The van der Waals surface area contributed by atoms with E-state index in [0.717, 1.165) is 31.5 Å². The minimum atomic E-state index is 0.204. The van der Waals surface area contributed by atoms with E-state index in [1.807, 2.05) is 24.0 Å². The molecule has 96 valence electrons. The van der Waals surface area contributed by atoms with Crippen LogP contribution in [-0.4, -0.2) is 15.6 Å². The van der Waals surface area contributed by atoms with E-state index in [-0.39, 0.29) is 6.04 Å². The number of hydrogen-bond donors (Lipinski definition) is 1. The van der Waals surface area contributed by atoms with E-state index in [2.05, 4.69) is 35.3 Å². The molecule has 3 nitrogen and oxygen atoms in total. The first-order valence-corrected chi connectivity index (χ1v) is 6.51. The molecule has 2 rings (SSSR count). The number of nitrogens with zero attached hydrogens (tertiary/aromatic N) is 2. The van der Waals surface area contributed by atoms with Crippen LogP contribution in [0.3, 0.4) is 0 Å². The van der Waals surface area contributed by atoms with Gasteiger partial charge in [-0.1, -0.05) is 30.3 Å². The van der Waals surface area contributed by atoms with E-state index in [4.69, 9.17) is 5.73 Å². The van der Waals surface area contributed by atoms with Crippen molar-refractivity contribution >= 4 is 0 Å². The van der Waals surface area contributed by atoms with Gasteiger partial charge in [-0.15, -0.1) is 0 Å². The van der Waals surface area contributed by atoms with Crippen LogP contribution in [0.5, 0.6) is 0 Å². The Kier molecular flexibility index (Phi) is 4.53. The first-order valence-electron chi connectivity index (χ1n) is 6.51. The Morgan fingerprint density at radius 1 is 1.28 bits per heavy atom. The molecule has 0 saturated heterocycles. The zero-order valence-electron chi connectivity index (χ0n) is 10.9. The summed E-state index contributed by atoms with van der Waals surface area (Å²) >= 11 is 0. The lowest BCUT2D eigenvalue weighted by atomic mass is 10.0. The molecular formula is C15H21N3. The fraction of sp³-hybridized carbons (Fsp3) is 0.400. The van der Waals surface area contributed by atoms with Gasteiger partial charge in [0.05, 0.1) is 0 Å². The Balaban J connectivity index is 1.72. The van der Waals surface area contributed by atoms with Gasteiger partial charge in [-0.05, 0) is 24.8 Å². The van der Waals surface area contributed by atoms with Crippen molar-refractivity contribution in [2.24, 2.45) is 12.8 Å². The second-order valence-electron chi connectivity index (χ2n) is 4.80. The first-order chi connectivity index (χ1) is 8.75. The Labute approximate surface area is 109 Å². The van der Waals surface area contributed by atoms with Crippen LogP contribution in [0.2, 0.25) is 0 Å². The van der Waals surface area contributed by atoms with Gasteiger partial charge in [0.15, 0.2) is 0 Å². The molecule has 0 fully saturated rings. The van der Waals surface area contributed by atoms with Gasteiger partial charge in [-0.25, -0.2) is 4.98 Å². The molecule has 1 unspecified atom stereocenters. The van der Waals surface area contributed by atoms with E-state index in [9.17, 15) is 0 Å². The summed E-state index contributed by atoms with van der Waals surface area (Å²) in [4.78, 5) is 4.30. The average molecular weight is 243 g/mol. The molecule has 0 aliphatic rings. The highest BCUT2D eigenvalue weighted by molar-refractivity contribution is 5.14. The largest absolute Gasteiger partial charge is 0.338 e. The van der Waals surface area contributed by atoms with Crippen LogP contribution >= 0.6 is 0 Å². The maximum atomic E-state index is 6.14. The summed E-state index contributed by atoms with van der Waals surface area (Å²) in [6.07, 6.45) is 7.93. The minimum absolute atomic E-state index is 0.204. The maximum Gasteiger partial charge on any atom is 0.109 e. The SMILES string of the molecule is Cn1ccnc1CC(N)CCCc1ccccc1. The molecule has 2 aromatic rings. The summed E-state index contributed by atoms with van der Waals surface area (Å²) < 4.78 is 2.04. The van der Waals surface area contributed by atoms with Crippen molar-refractivity contribution in [3.8, 4) is 0 Å². The smallest absolute Gasteiger partial charge is 0.109 e. The van der Waals surface area contributed by atoms with Crippen molar-refractivity contribution in [1.29, 1.82) is 0 Å². The molecule has 1 heterocycles. The van der Waals surface area contributed by atoms with Gasteiger partial charge in [0.2, 0.25) is 0 Å². The monoisotopic (exact) mass is 243 g/mol. The molecule has 0 aliphatic carbocycles. The molecule has 18 heavy (non-hydrogen) atoms. The molecule has 0 aliphatic heterocycles. The van der Waals surface area contributed by atoms with Crippen molar-refractivity contribution < 1.29 is 0 Å². The number of hydrogen-bond acceptors (Lipinski definition) is 2. The van der Waals surface area contributed by atoms with Gasteiger partial charge in [0, 0.05) is 31.9 Å². The third-order valence-corrected chi connectivity index (χ3v) is 3.25. The number of imidazole rings is 1. The van der Waals surface area contributed by atoms with Gasteiger partial charge in [0.25, 0.3) is 0 Å². The molecular weight excluding hydrogens is 222 g/mol. The minimum Gasteiger partial charge on any atom is -0.338 e. The second kappa shape index (κ2) is 6.36. The molecule has 0 spiro atoms. The van der Waals surface area contributed by atoms with E-state index < -0.39 is 0 Å². The van der Waals surface area contributed by atoms with Gasteiger partial charge in [-0.2, -0.15) is 0 Å². The Hall–Kier alpha value is -1.61. The third kappa shape index (κ3) is 3.70. The van der Waals surface area contributed by atoms with Crippen LogP contribution in [0.4, 0.5) is 0 Å². The third-order valence-electron chi connectivity index (χ3n) is 3.25.